The molecule has 0 saturated carbocycles. The average molecular weight is 710 g/mol. The van der Waals surface area contributed by atoms with E-state index in [1.165, 1.54) is 11.1 Å². The molecule has 0 aliphatic carbocycles. The van der Waals surface area contributed by atoms with Crippen LogP contribution in [-0.4, -0.2) is 19.6 Å². The molecule has 0 saturated heterocycles. The smallest absolute Gasteiger partial charge is 0.149 e. The molecule has 9 rings (SSSR count). The van der Waals surface area contributed by atoms with Gasteiger partial charge in [0.1, 0.15) is 11.6 Å². The number of rotatable bonds is 8. The van der Waals surface area contributed by atoms with E-state index in [1.807, 2.05) is 48.7 Å². The summed E-state index contributed by atoms with van der Waals surface area (Å²) in [5.41, 5.74) is 14.2. The second-order valence-corrected chi connectivity index (χ2v) is 14.5. The number of aromatic hydroxyl groups is 1. The van der Waals surface area contributed by atoms with Gasteiger partial charge in [-0.25, -0.2) is 4.98 Å². The highest BCUT2D eigenvalue weighted by molar-refractivity contribution is 5.97. The predicted molar refractivity (Wildman–Crippen MR) is 226 cm³/mol. The highest BCUT2D eigenvalue weighted by Gasteiger charge is 2.23. The van der Waals surface area contributed by atoms with Gasteiger partial charge in [-0.05, 0) is 99.6 Å². The van der Waals surface area contributed by atoms with Crippen LogP contribution in [0, 0.1) is 0 Å². The van der Waals surface area contributed by atoms with Crippen molar-refractivity contribution in [1.82, 2.24) is 14.5 Å². The third-order valence-electron chi connectivity index (χ3n) is 10.7. The van der Waals surface area contributed by atoms with Gasteiger partial charge in [0.2, 0.25) is 0 Å². The first-order valence-electron chi connectivity index (χ1n) is 18.6. The summed E-state index contributed by atoms with van der Waals surface area (Å²) in [6, 6.07) is 65.0. The van der Waals surface area contributed by atoms with Gasteiger partial charge in [0.05, 0.1) is 22.3 Å². The van der Waals surface area contributed by atoms with Crippen LogP contribution in [0.5, 0.6) is 5.75 Å². The van der Waals surface area contributed by atoms with E-state index in [1.54, 1.807) is 6.07 Å². The fourth-order valence-electron chi connectivity index (χ4n) is 7.61. The number of fused-ring (bicyclic) bond motifs is 1. The molecule has 0 aliphatic heterocycles. The molecule has 9 aromatic rings. The van der Waals surface area contributed by atoms with Crippen LogP contribution in [0.3, 0.4) is 0 Å². The standard InChI is InChI=1S/C51H39N3O/c1-51(2,41-17-8-4-9-18-41)42-27-25-36(26-28-42)38-31-39(33-40(32-38)46-34-37(29-30-52-46)35-15-6-3-7-16-35)44-22-14-23-47-49(44)53-50(45-21-12-13-24-48(45)55)54(47)43-19-10-5-11-20-43/h3-34,55H,1-2H3. The van der Waals surface area contributed by atoms with Crippen LogP contribution in [0.2, 0.25) is 0 Å². The molecule has 0 unspecified atom stereocenters. The van der Waals surface area contributed by atoms with Gasteiger partial charge in [0.15, 0.2) is 0 Å². The fourth-order valence-corrected chi connectivity index (χ4v) is 7.61. The molecule has 0 radical (unpaired) electrons. The van der Waals surface area contributed by atoms with Crippen molar-refractivity contribution in [2.75, 3.05) is 0 Å². The monoisotopic (exact) mass is 709 g/mol. The van der Waals surface area contributed by atoms with Crippen LogP contribution < -0.4 is 0 Å². The third kappa shape index (κ3) is 6.38. The SMILES string of the molecule is CC(C)(c1ccccc1)c1ccc(-c2cc(-c3cc(-c4ccccc4)ccn3)cc(-c3cccc4c3nc(-c3ccccc3O)n4-c3ccccc3)c2)cc1. The lowest BCUT2D eigenvalue weighted by Gasteiger charge is -2.26. The normalized spacial score (nSPS) is 11.5. The summed E-state index contributed by atoms with van der Waals surface area (Å²) in [5.74, 6) is 0.862. The molecule has 0 atom stereocenters. The van der Waals surface area contributed by atoms with Crippen molar-refractivity contribution in [1.29, 1.82) is 0 Å². The molecule has 7 aromatic carbocycles. The Morgan fingerprint density at radius 1 is 0.473 bits per heavy atom. The van der Waals surface area contributed by atoms with Gasteiger partial charge < -0.3 is 5.11 Å². The van der Waals surface area contributed by atoms with Crippen molar-refractivity contribution in [2.45, 2.75) is 19.3 Å². The van der Waals surface area contributed by atoms with Gasteiger partial charge in [-0.2, -0.15) is 0 Å². The largest absolute Gasteiger partial charge is 0.507 e. The highest BCUT2D eigenvalue weighted by atomic mass is 16.3. The zero-order valence-corrected chi connectivity index (χ0v) is 30.8. The quantitative estimate of drug-likeness (QED) is 0.171. The summed E-state index contributed by atoms with van der Waals surface area (Å²) in [6.07, 6.45) is 1.89. The van der Waals surface area contributed by atoms with Crippen molar-refractivity contribution < 1.29 is 5.11 Å². The van der Waals surface area contributed by atoms with Crippen molar-refractivity contribution in [3.8, 4) is 67.5 Å². The van der Waals surface area contributed by atoms with E-state index in [-0.39, 0.29) is 11.2 Å². The Kier molecular flexibility index (Phi) is 8.64. The summed E-state index contributed by atoms with van der Waals surface area (Å²) in [5, 5.41) is 11.1. The number of phenols is 1. The number of phenolic OH excluding ortho intramolecular Hbond substituents is 1. The minimum atomic E-state index is -0.146. The Morgan fingerprint density at radius 3 is 1.82 bits per heavy atom. The minimum Gasteiger partial charge on any atom is -0.507 e. The molecule has 0 fully saturated rings. The second-order valence-electron chi connectivity index (χ2n) is 14.5. The van der Waals surface area contributed by atoms with E-state index < -0.39 is 0 Å². The zero-order valence-electron chi connectivity index (χ0n) is 30.8. The van der Waals surface area contributed by atoms with Gasteiger partial charge in [0, 0.05) is 28.4 Å². The van der Waals surface area contributed by atoms with E-state index in [0.717, 1.165) is 61.4 Å². The van der Waals surface area contributed by atoms with Crippen molar-refractivity contribution in [2.24, 2.45) is 0 Å². The van der Waals surface area contributed by atoms with Gasteiger partial charge in [-0.3, -0.25) is 9.55 Å². The number of para-hydroxylation sites is 3. The average Bonchev–Trinajstić information content (AvgIpc) is 3.64. The van der Waals surface area contributed by atoms with Gasteiger partial charge in [0.25, 0.3) is 0 Å². The third-order valence-corrected chi connectivity index (χ3v) is 10.7. The number of nitrogens with zero attached hydrogens (tertiary/aromatic N) is 3. The first-order chi connectivity index (χ1) is 26.9. The van der Waals surface area contributed by atoms with Crippen LogP contribution in [0.15, 0.2) is 194 Å². The number of imidazole rings is 1. The molecule has 4 nitrogen and oxygen atoms in total. The number of pyridine rings is 1. The molecule has 1 N–H and O–H groups in total. The van der Waals surface area contributed by atoms with Crippen molar-refractivity contribution in [3.05, 3.63) is 205 Å². The number of benzene rings is 7. The van der Waals surface area contributed by atoms with Gasteiger partial charge in [-0.1, -0.05) is 141 Å². The highest BCUT2D eigenvalue weighted by Crippen LogP contribution is 2.40. The van der Waals surface area contributed by atoms with E-state index >= 15 is 0 Å². The summed E-state index contributed by atoms with van der Waals surface area (Å²) < 4.78 is 2.14. The lowest BCUT2D eigenvalue weighted by Crippen LogP contribution is -2.18. The maximum Gasteiger partial charge on any atom is 0.149 e. The van der Waals surface area contributed by atoms with Crippen LogP contribution in [0.25, 0.3) is 72.7 Å². The number of aromatic nitrogens is 3. The van der Waals surface area contributed by atoms with Crippen molar-refractivity contribution in [3.63, 3.8) is 0 Å². The Labute approximate surface area is 321 Å². The molecule has 0 aliphatic rings. The van der Waals surface area contributed by atoms with Gasteiger partial charge in [-0.15, -0.1) is 0 Å². The van der Waals surface area contributed by atoms with Crippen LogP contribution in [0.1, 0.15) is 25.0 Å². The molecule has 0 spiro atoms. The summed E-state index contributed by atoms with van der Waals surface area (Å²) in [6.45, 7) is 4.56. The first-order valence-corrected chi connectivity index (χ1v) is 18.6. The molecule has 2 heterocycles. The maximum atomic E-state index is 11.1. The molecule has 0 bridgehead atoms. The zero-order chi connectivity index (χ0) is 37.4. The molecular weight excluding hydrogens is 671 g/mol. The molecular formula is C51H39N3O. The fraction of sp³-hybridized carbons (Fsp3) is 0.0588. The Bertz CT molecular complexity index is 2770. The maximum absolute atomic E-state index is 11.1. The Morgan fingerprint density at radius 2 is 1.07 bits per heavy atom. The summed E-state index contributed by atoms with van der Waals surface area (Å²) in [4.78, 5) is 10.2. The molecule has 0 amide bonds. The predicted octanol–water partition coefficient (Wildman–Crippen LogP) is 12.8. The van der Waals surface area contributed by atoms with Crippen molar-refractivity contribution >= 4 is 11.0 Å². The van der Waals surface area contributed by atoms with E-state index in [2.05, 4.69) is 158 Å². The lowest BCUT2D eigenvalue weighted by atomic mass is 9.78. The topological polar surface area (TPSA) is 50.9 Å². The second kappa shape index (κ2) is 14.1. The number of hydrogen-bond donors (Lipinski definition) is 1. The molecule has 2 aromatic heterocycles. The van der Waals surface area contributed by atoms with Crippen LogP contribution in [-0.2, 0) is 5.41 Å². The van der Waals surface area contributed by atoms with Crippen LogP contribution >= 0.6 is 0 Å². The van der Waals surface area contributed by atoms with E-state index in [9.17, 15) is 5.11 Å². The Hall–Kier alpha value is -7.04. The summed E-state index contributed by atoms with van der Waals surface area (Å²) >= 11 is 0. The number of hydrogen-bond acceptors (Lipinski definition) is 3. The Balaban J connectivity index is 1.24. The lowest BCUT2D eigenvalue weighted by molar-refractivity contribution is 0.477. The molecule has 264 valence electrons. The van der Waals surface area contributed by atoms with Crippen LogP contribution in [0.4, 0.5) is 0 Å². The molecule has 4 heteroatoms. The molecule has 55 heavy (non-hydrogen) atoms. The van der Waals surface area contributed by atoms with E-state index in [4.69, 9.17) is 9.97 Å². The first kappa shape index (κ1) is 33.8. The minimum absolute atomic E-state index is 0.146. The van der Waals surface area contributed by atoms with Gasteiger partial charge >= 0.3 is 0 Å². The van der Waals surface area contributed by atoms with E-state index in [0.29, 0.717) is 11.4 Å². The summed E-state index contributed by atoms with van der Waals surface area (Å²) in [7, 11) is 0.